The fourth-order valence-corrected chi connectivity index (χ4v) is 1.69. The first-order valence-electron chi connectivity index (χ1n) is 4.53. The van der Waals surface area contributed by atoms with Crippen LogP contribution in [0.5, 0.6) is 0 Å². The summed E-state index contributed by atoms with van der Waals surface area (Å²) in [6, 6.07) is 5.04. The monoisotopic (exact) mass is 281 g/mol. The smallest absolute Gasteiger partial charge is 0.258 e. The van der Waals surface area contributed by atoms with Crippen molar-refractivity contribution in [1.82, 2.24) is 9.78 Å². The van der Waals surface area contributed by atoms with Crippen LogP contribution >= 0.6 is 15.9 Å². The molecule has 0 aliphatic carbocycles. The van der Waals surface area contributed by atoms with Crippen LogP contribution in [0.1, 0.15) is 5.56 Å². The van der Waals surface area contributed by atoms with Gasteiger partial charge in [0.25, 0.3) is 5.69 Å². The molecule has 0 amide bonds. The summed E-state index contributed by atoms with van der Waals surface area (Å²) in [4.78, 5) is 10.5. The van der Waals surface area contributed by atoms with Crippen molar-refractivity contribution < 1.29 is 4.92 Å². The summed E-state index contributed by atoms with van der Waals surface area (Å²) in [6.07, 6.45) is 3.27. The molecule has 0 N–H and O–H groups in total. The molecule has 0 bridgehead atoms. The van der Waals surface area contributed by atoms with Gasteiger partial charge >= 0.3 is 0 Å². The molecule has 1 aromatic carbocycles. The Labute approximate surface area is 100.0 Å². The highest BCUT2D eigenvalue weighted by molar-refractivity contribution is 9.10. The van der Waals surface area contributed by atoms with Gasteiger partial charge in [0.15, 0.2) is 0 Å². The van der Waals surface area contributed by atoms with E-state index in [1.807, 2.05) is 13.0 Å². The van der Waals surface area contributed by atoms with Gasteiger partial charge in [-0.15, -0.1) is 0 Å². The Bertz CT molecular complexity index is 551. The second-order valence-electron chi connectivity index (χ2n) is 3.35. The van der Waals surface area contributed by atoms with Crippen molar-refractivity contribution in [2.75, 3.05) is 0 Å². The maximum atomic E-state index is 10.9. The molecule has 0 saturated heterocycles. The fraction of sp³-hybridized carbons (Fsp3) is 0.100. The van der Waals surface area contributed by atoms with Crippen LogP contribution in [-0.2, 0) is 0 Å². The van der Waals surface area contributed by atoms with E-state index in [1.165, 1.54) is 10.7 Å². The number of benzene rings is 1. The highest BCUT2D eigenvalue weighted by Crippen LogP contribution is 2.24. The number of aromatic nitrogens is 2. The first-order valence-corrected chi connectivity index (χ1v) is 5.33. The summed E-state index contributed by atoms with van der Waals surface area (Å²) in [6.45, 7) is 1.82. The average Bonchev–Trinajstić information content (AvgIpc) is 2.64. The molecule has 0 aliphatic rings. The molecule has 16 heavy (non-hydrogen) atoms. The van der Waals surface area contributed by atoms with Crippen LogP contribution in [0, 0.1) is 17.0 Å². The molecule has 1 heterocycles. The quantitative estimate of drug-likeness (QED) is 0.628. The highest BCUT2D eigenvalue weighted by atomic mass is 79.9. The number of halogens is 1. The number of hydrogen-bond acceptors (Lipinski definition) is 3. The molecule has 82 valence electrons. The van der Waals surface area contributed by atoms with Gasteiger partial charge in [0.1, 0.15) is 5.69 Å². The standard InChI is InChI=1S/C10H8BrN3O2/c1-7-2-3-9(10(4-7)14(15)16)13-6-8(11)5-12-13/h2-6H,1H3. The van der Waals surface area contributed by atoms with Gasteiger partial charge in [-0.05, 0) is 34.5 Å². The minimum absolute atomic E-state index is 0.0515. The lowest BCUT2D eigenvalue weighted by Gasteiger charge is -2.03. The van der Waals surface area contributed by atoms with Gasteiger partial charge in [-0.25, -0.2) is 4.68 Å². The molecule has 2 aromatic rings. The number of rotatable bonds is 2. The molecule has 6 heteroatoms. The highest BCUT2D eigenvalue weighted by Gasteiger charge is 2.15. The van der Waals surface area contributed by atoms with Gasteiger partial charge in [-0.2, -0.15) is 5.10 Å². The largest absolute Gasteiger partial charge is 0.295 e. The summed E-state index contributed by atoms with van der Waals surface area (Å²) in [5, 5.41) is 14.9. The molecule has 0 saturated carbocycles. The van der Waals surface area contributed by atoms with Gasteiger partial charge in [-0.3, -0.25) is 10.1 Å². The van der Waals surface area contributed by atoms with Crippen LogP contribution in [0.15, 0.2) is 35.1 Å². The minimum atomic E-state index is -0.405. The molecule has 0 spiro atoms. The summed E-state index contributed by atoms with van der Waals surface area (Å²) in [5.41, 5.74) is 1.36. The Kier molecular flexibility index (Phi) is 2.74. The fourth-order valence-electron chi connectivity index (χ4n) is 1.41. The molecule has 1 aromatic heterocycles. The van der Waals surface area contributed by atoms with Crippen molar-refractivity contribution in [2.24, 2.45) is 0 Å². The molecule has 5 nitrogen and oxygen atoms in total. The zero-order chi connectivity index (χ0) is 11.7. The Morgan fingerprint density at radius 3 is 2.81 bits per heavy atom. The Balaban J connectivity index is 2.60. The second kappa shape index (κ2) is 4.05. The third-order valence-electron chi connectivity index (χ3n) is 2.13. The van der Waals surface area contributed by atoms with E-state index in [-0.39, 0.29) is 5.69 Å². The normalized spacial score (nSPS) is 10.4. The molecular formula is C10H8BrN3O2. The zero-order valence-electron chi connectivity index (χ0n) is 8.42. The van der Waals surface area contributed by atoms with Crippen LogP contribution in [0.25, 0.3) is 5.69 Å². The van der Waals surface area contributed by atoms with Gasteiger partial charge in [-0.1, -0.05) is 6.07 Å². The Morgan fingerprint density at radius 1 is 1.50 bits per heavy atom. The SMILES string of the molecule is Cc1ccc(-n2cc(Br)cn2)c([N+](=O)[O-])c1. The Hall–Kier alpha value is -1.69. The predicted molar refractivity (Wildman–Crippen MR) is 62.7 cm³/mol. The number of aryl methyl sites for hydroxylation is 1. The van der Waals surface area contributed by atoms with E-state index in [4.69, 9.17) is 0 Å². The minimum Gasteiger partial charge on any atom is -0.258 e. The van der Waals surface area contributed by atoms with Crippen LogP contribution < -0.4 is 0 Å². The lowest BCUT2D eigenvalue weighted by Crippen LogP contribution is -2.00. The number of nitro benzene ring substituents is 1. The van der Waals surface area contributed by atoms with Crippen molar-refractivity contribution in [3.63, 3.8) is 0 Å². The van der Waals surface area contributed by atoms with Crippen LogP contribution in [0.3, 0.4) is 0 Å². The van der Waals surface area contributed by atoms with E-state index in [9.17, 15) is 10.1 Å². The van der Waals surface area contributed by atoms with Gasteiger partial charge in [0, 0.05) is 12.3 Å². The first-order chi connectivity index (χ1) is 7.58. The predicted octanol–water partition coefficient (Wildman–Crippen LogP) is 2.85. The van der Waals surface area contributed by atoms with Gasteiger partial charge in [0.2, 0.25) is 0 Å². The summed E-state index contributed by atoms with van der Waals surface area (Å²) in [5.74, 6) is 0. The molecule has 0 fully saturated rings. The van der Waals surface area contributed by atoms with E-state index < -0.39 is 4.92 Å². The average molecular weight is 282 g/mol. The third-order valence-corrected chi connectivity index (χ3v) is 2.54. The second-order valence-corrected chi connectivity index (χ2v) is 4.27. The van der Waals surface area contributed by atoms with Gasteiger partial charge in [0.05, 0.1) is 15.6 Å². The summed E-state index contributed by atoms with van der Waals surface area (Å²) in [7, 11) is 0. The topological polar surface area (TPSA) is 61.0 Å². The number of nitrogens with zero attached hydrogens (tertiary/aromatic N) is 3. The zero-order valence-corrected chi connectivity index (χ0v) is 10.0. The molecule has 0 aliphatic heterocycles. The number of nitro groups is 1. The Morgan fingerprint density at radius 2 is 2.25 bits per heavy atom. The van der Waals surface area contributed by atoms with E-state index >= 15 is 0 Å². The summed E-state index contributed by atoms with van der Waals surface area (Å²) >= 11 is 3.25. The van der Waals surface area contributed by atoms with Crippen molar-refractivity contribution in [3.8, 4) is 5.69 Å². The van der Waals surface area contributed by atoms with E-state index in [0.717, 1.165) is 10.0 Å². The van der Waals surface area contributed by atoms with E-state index in [2.05, 4.69) is 21.0 Å². The first kappa shape index (κ1) is 10.8. The van der Waals surface area contributed by atoms with Crippen LogP contribution in [0.2, 0.25) is 0 Å². The van der Waals surface area contributed by atoms with Crippen LogP contribution in [0.4, 0.5) is 5.69 Å². The molecule has 2 rings (SSSR count). The van der Waals surface area contributed by atoms with E-state index in [0.29, 0.717) is 5.69 Å². The lowest BCUT2D eigenvalue weighted by atomic mass is 10.2. The molecule has 0 unspecified atom stereocenters. The van der Waals surface area contributed by atoms with Crippen molar-refractivity contribution in [2.45, 2.75) is 6.92 Å². The molecule has 0 radical (unpaired) electrons. The maximum Gasteiger partial charge on any atom is 0.295 e. The van der Waals surface area contributed by atoms with Crippen LogP contribution in [-0.4, -0.2) is 14.7 Å². The van der Waals surface area contributed by atoms with Gasteiger partial charge < -0.3 is 0 Å². The van der Waals surface area contributed by atoms with Crippen molar-refractivity contribution >= 4 is 21.6 Å². The lowest BCUT2D eigenvalue weighted by molar-refractivity contribution is -0.384. The number of hydrogen-bond donors (Lipinski definition) is 0. The summed E-state index contributed by atoms with van der Waals surface area (Å²) < 4.78 is 2.25. The molecular weight excluding hydrogens is 274 g/mol. The van der Waals surface area contributed by atoms with Crippen molar-refractivity contribution in [1.29, 1.82) is 0 Å². The maximum absolute atomic E-state index is 10.9. The molecule has 0 atom stereocenters. The third kappa shape index (κ3) is 1.96. The van der Waals surface area contributed by atoms with E-state index in [1.54, 1.807) is 18.5 Å². The van der Waals surface area contributed by atoms with Crippen molar-refractivity contribution in [3.05, 3.63) is 50.7 Å².